The molecule has 28 heavy (non-hydrogen) atoms. The van der Waals surface area contributed by atoms with Gasteiger partial charge in [-0.15, -0.1) is 0 Å². The van der Waals surface area contributed by atoms with Crippen LogP contribution in [-0.2, 0) is 0 Å². The first kappa shape index (κ1) is 18.7. The number of piperidine rings is 1. The van der Waals surface area contributed by atoms with Gasteiger partial charge >= 0.3 is 0 Å². The maximum atomic E-state index is 13.4. The van der Waals surface area contributed by atoms with Gasteiger partial charge in [0.05, 0.1) is 22.8 Å². The highest BCUT2D eigenvalue weighted by Crippen LogP contribution is 2.31. The summed E-state index contributed by atoms with van der Waals surface area (Å²) in [6.45, 7) is 9.25. The number of hydrogen-bond donors (Lipinski definition) is 1. The molecule has 4 heterocycles. The fraction of sp³-hybridized carbons (Fsp3) is 0.476. The molecular formula is C21H27N5O2. The van der Waals surface area contributed by atoms with Gasteiger partial charge in [0.2, 0.25) is 0 Å². The van der Waals surface area contributed by atoms with Crippen LogP contribution >= 0.6 is 0 Å². The van der Waals surface area contributed by atoms with E-state index in [-0.39, 0.29) is 18.0 Å². The highest BCUT2D eigenvalue weighted by molar-refractivity contribution is 6.06. The van der Waals surface area contributed by atoms with Crippen LogP contribution in [0.25, 0.3) is 22.3 Å². The van der Waals surface area contributed by atoms with Gasteiger partial charge in [-0.25, -0.2) is 9.67 Å². The van der Waals surface area contributed by atoms with Crippen molar-refractivity contribution in [2.75, 3.05) is 13.1 Å². The van der Waals surface area contributed by atoms with E-state index in [1.54, 1.807) is 6.20 Å². The maximum Gasteiger partial charge on any atom is 0.254 e. The second-order valence-electron chi connectivity index (χ2n) is 7.96. The lowest BCUT2D eigenvalue weighted by atomic mass is 10.0. The van der Waals surface area contributed by atoms with Crippen molar-refractivity contribution in [2.45, 2.75) is 52.6 Å². The summed E-state index contributed by atoms with van der Waals surface area (Å²) < 4.78 is 7.56. The van der Waals surface area contributed by atoms with E-state index in [9.17, 15) is 4.79 Å². The number of nitrogens with zero attached hydrogens (tertiary/aromatic N) is 4. The molecule has 3 aromatic rings. The first-order valence-electron chi connectivity index (χ1n) is 9.85. The zero-order valence-electron chi connectivity index (χ0n) is 16.9. The first-order chi connectivity index (χ1) is 13.3. The molecule has 1 aliphatic rings. The van der Waals surface area contributed by atoms with Crippen LogP contribution in [0, 0.1) is 13.8 Å². The molecule has 1 fully saturated rings. The van der Waals surface area contributed by atoms with E-state index in [4.69, 9.17) is 15.1 Å². The second-order valence-corrected chi connectivity index (χ2v) is 7.96. The third-order valence-electron chi connectivity index (χ3n) is 5.35. The fourth-order valence-electron chi connectivity index (χ4n) is 3.96. The number of likely N-dealkylation sites (tertiary alicyclic amines) is 1. The fourth-order valence-corrected chi connectivity index (χ4v) is 3.96. The van der Waals surface area contributed by atoms with Gasteiger partial charge < -0.3 is 15.1 Å². The van der Waals surface area contributed by atoms with Gasteiger partial charge in [0.15, 0.2) is 5.65 Å². The molecule has 1 aliphatic heterocycles. The lowest BCUT2D eigenvalue weighted by Gasteiger charge is -2.31. The van der Waals surface area contributed by atoms with Crippen LogP contribution in [0.4, 0.5) is 0 Å². The summed E-state index contributed by atoms with van der Waals surface area (Å²) in [5.74, 6) is 1.60. The van der Waals surface area contributed by atoms with Gasteiger partial charge in [0, 0.05) is 30.7 Å². The van der Waals surface area contributed by atoms with Gasteiger partial charge in [-0.05, 0) is 52.7 Å². The number of pyridine rings is 1. The molecule has 1 saturated heterocycles. The Kier molecular flexibility index (Phi) is 4.71. The molecule has 1 unspecified atom stereocenters. The number of aryl methyl sites for hydroxylation is 2. The quantitative estimate of drug-likeness (QED) is 0.750. The molecule has 0 saturated carbocycles. The summed E-state index contributed by atoms with van der Waals surface area (Å²) in [6.07, 6.45) is 3.63. The summed E-state index contributed by atoms with van der Waals surface area (Å²) >= 11 is 0. The Hall–Kier alpha value is -2.67. The highest BCUT2D eigenvalue weighted by atomic mass is 16.3. The molecule has 0 bridgehead atoms. The molecule has 1 atom stereocenters. The predicted molar refractivity (Wildman–Crippen MR) is 108 cm³/mol. The summed E-state index contributed by atoms with van der Waals surface area (Å²) in [6, 6.07) is 4.00. The zero-order chi connectivity index (χ0) is 20.0. The standard InChI is InChI=1S/C21H27N5O2/c1-12(2)26-20-18(10-23-26)17(21(27)25-7-5-6-15(22)11-25)9-19(24-20)16-8-13(3)28-14(16)4/h8-10,12,15H,5-7,11,22H2,1-4H3. The molecule has 1 amide bonds. The lowest BCUT2D eigenvalue weighted by Crippen LogP contribution is -2.45. The minimum atomic E-state index is -0.00928. The SMILES string of the molecule is Cc1cc(-c2cc(C(=O)N3CCCC(N)C3)c3cnn(C(C)C)c3n2)c(C)o1. The number of hydrogen-bond acceptors (Lipinski definition) is 5. The molecule has 2 N–H and O–H groups in total. The number of rotatable bonds is 3. The van der Waals surface area contributed by atoms with Crippen LogP contribution in [0.1, 0.15) is 54.6 Å². The molecular weight excluding hydrogens is 354 g/mol. The normalized spacial score (nSPS) is 17.6. The number of carbonyl (C=O) groups excluding carboxylic acids is 1. The van der Waals surface area contributed by atoms with Gasteiger partial charge in [0.1, 0.15) is 11.5 Å². The van der Waals surface area contributed by atoms with Gasteiger partial charge in [0.25, 0.3) is 5.91 Å². The van der Waals surface area contributed by atoms with Gasteiger partial charge in [-0.2, -0.15) is 5.10 Å². The lowest BCUT2D eigenvalue weighted by molar-refractivity contribution is 0.0711. The molecule has 0 aliphatic carbocycles. The van der Waals surface area contributed by atoms with Crippen molar-refractivity contribution in [1.82, 2.24) is 19.7 Å². The Labute approximate surface area is 164 Å². The molecule has 4 rings (SSSR count). The molecule has 0 radical (unpaired) electrons. The molecule has 7 heteroatoms. The summed E-state index contributed by atoms with van der Waals surface area (Å²) in [7, 11) is 0. The van der Waals surface area contributed by atoms with Crippen LogP contribution in [0.2, 0.25) is 0 Å². The van der Waals surface area contributed by atoms with Crippen molar-refractivity contribution in [3.05, 3.63) is 35.4 Å². The van der Waals surface area contributed by atoms with E-state index in [0.29, 0.717) is 12.1 Å². The van der Waals surface area contributed by atoms with E-state index >= 15 is 0 Å². The average molecular weight is 381 g/mol. The third kappa shape index (κ3) is 3.20. The summed E-state index contributed by atoms with van der Waals surface area (Å²) in [4.78, 5) is 20.1. The predicted octanol–water partition coefficient (Wildman–Crippen LogP) is 3.45. The number of carbonyl (C=O) groups is 1. The smallest absolute Gasteiger partial charge is 0.254 e. The van der Waals surface area contributed by atoms with Crippen molar-refractivity contribution in [2.24, 2.45) is 5.73 Å². The van der Waals surface area contributed by atoms with Crippen molar-refractivity contribution in [3.63, 3.8) is 0 Å². The monoisotopic (exact) mass is 381 g/mol. The number of amides is 1. The summed E-state index contributed by atoms with van der Waals surface area (Å²) in [5, 5.41) is 5.27. The minimum absolute atomic E-state index is 0.00928. The molecule has 148 valence electrons. The van der Waals surface area contributed by atoms with Crippen molar-refractivity contribution < 1.29 is 9.21 Å². The van der Waals surface area contributed by atoms with Crippen LogP contribution in [-0.4, -0.2) is 44.7 Å². The Morgan fingerprint density at radius 1 is 1.32 bits per heavy atom. The number of aromatic nitrogens is 3. The van der Waals surface area contributed by atoms with E-state index < -0.39 is 0 Å². The van der Waals surface area contributed by atoms with Crippen molar-refractivity contribution in [3.8, 4) is 11.3 Å². The van der Waals surface area contributed by atoms with E-state index in [1.807, 2.05) is 35.6 Å². The Morgan fingerprint density at radius 2 is 2.11 bits per heavy atom. The van der Waals surface area contributed by atoms with Crippen LogP contribution < -0.4 is 5.73 Å². The van der Waals surface area contributed by atoms with E-state index in [1.165, 1.54) is 0 Å². The first-order valence-corrected chi connectivity index (χ1v) is 9.85. The number of fused-ring (bicyclic) bond motifs is 1. The minimum Gasteiger partial charge on any atom is -0.466 e. The maximum absolute atomic E-state index is 13.4. The van der Waals surface area contributed by atoms with Crippen molar-refractivity contribution >= 4 is 16.9 Å². The molecule has 3 aromatic heterocycles. The second kappa shape index (κ2) is 7.05. The Morgan fingerprint density at radius 3 is 2.75 bits per heavy atom. The topological polar surface area (TPSA) is 90.2 Å². The highest BCUT2D eigenvalue weighted by Gasteiger charge is 2.26. The van der Waals surface area contributed by atoms with Crippen LogP contribution in [0.3, 0.4) is 0 Å². The van der Waals surface area contributed by atoms with E-state index in [2.05, 4.69) is 18.9 Å². The molecule has 0 aromatic carbocycles. The number of nitrogens with two attached hydrogens (primary N) is 1. The van der Waals surface area contributed by atoms with Crippen LogP contribution in [0.5, 0.6) is 0 Å². The Bertz CT molecular complexity index is 1030. The summed E-state index contributed by atoms with van der Waals surface area (Å²) in [5.41, 5.74) is 9.08. The third-order valence-corrected chi connectivity index (χ3v) is 5.35. The molecule has 0 spiro atoms. The Balaban J connectivity index is 1.89. The van der Waals surface area contributed by atoms with Crippen LogP contribution in [0.15, 0.2) is 22.7 Å². The largest absolute Gasteiger partial charge is 0.466 e. The van der Waals surface area contributed by atoms with Gasteiger partial charge in [-0.1, -0.05) is 0 Å². The molecule has 7 nitrogen and oxygen atoms in total. The van der Waals surface area contributed by atoms with Gasteiger partial charge in [-0.3, -0.25) is 4.79 Å². The van der Waals surface area contributed by atoms with Crippen molar-refractivity contribution in [1.29, 1.82) is 0 Å². The number of furan rings is 1. The van der Waals surface area contributed by atoms with E-state index in [0.717, 1.165) is 53.2 Å². The zero-order valence-corrected chi connectivity index (χ0v) is 16.9. The average Bonchev–Trinajstić information content (AvgIpc) is 3.23.